The van der Waals surface area contributed by atoms with Crippen molar-refractivity contribution >= 4 is 33.4 Å². The predicted molar refractivity (Wildman–Crippen MR) is 78.8 cm³/mol. The van der Waals surface area contributed by atoms with Gasteiger partial charge in [0.25, 0.3) is 5.91 Å². The Morgan fingerprint density at radius 3 is 2.70 bits per heavy atom. The molecule has 0 fully saturated rings. The maximum atomic E-state index is 13.2. The molecule has 0 saturated heterocycles. The zero-order chi connectivity index (χ0) is 15.3. The van der Waals surface area contributed by atoms with Gasteiger partial charge in [0.05, 0.1) is 17.8 Å². The highest BCUT2D eigenvalue weighted by atomic mass is 79.9. The number of hydrogen-bond acceptors (Lipinski definition) is 3. The number of likely N-dealkylation sites (N-methyl/N-ethyl adjacent to an activating group) is 1. The van der Waals surface area contributed by atoms with Crippen LogP contribution in [-0.2, 0) is 4.79 Å². The normalized spacial score (nSPS) is 10.2. The van der Waals surface area contributed by atoms with Crippen LogP contribution in [0.3, 0.4) is 0 Å². The average Bonchev–Trinajstić information content (AvgIpc) is 2.39. The molecule has 1 aromatic carbocycles. The van der Waals surface area contributed by atoms with Gasteiger partial charge < -0.3 is 16.0 Å². The van der Waals surface area contributed by atoms with E-state index in [-0.39, 0.29) is 23.7 Å². The molecule has 0 aliphatic heterocycles. The van der Waals surface area contributed by atoms with E-state index in [1.807, 2.05) is 6.92 Å². The summed E-state index contributed by atoms with van der Waals surface area (Å²) in [5, 5.41) is 2.68. The SMILES string of the molecule is CCCNC(=O)CN(C)C(=O)c1cc(N)c(F)cc1Br. The van der Waals surface area contributed by atoms with E-state index in [1.54, 1.807) is 0 Å². The van der Waals surface area contributed by atoms with Crippen LogP contribution < -0.4 is 11.1 Å². The lowest BCUT2D eigenvalue weighted by atomic mass is 10.1. The monoisotopic (exact) mass is 345 g/mol. The van der Waals surface area contributed by atoms with Crippen molar-refractivity contribution in [3.8, 4) is 0 Å². The molecule has 20 heavy (non-hydrogen) atoms. The summed E-state index contributed by atoms with van der Waals surface area (Å²) in [5.41, 5.74) is 5.56. The van der Waals surface area contributed by atoms with Crippen LogP contribution in [0, 0.1) is 5.82 Å². The van der Waals surface area contributed by atoms with Crippen molar-refractivity contribution in [2.75, 3.05) is 25.9 Å². The summed E-state index contributed by atoms with van der Waals surface area (Å²) < 4.78 is 13.5. The third-order valence-electron chi connectivity index (χ3n) is 2.62. The van der Waals surface area contributed by atoms with Crippen molar-refractivity contribution < 1.29 is 14.0 Å². The van der Waals surface area contributed by atoms with Crippen LogP contribution in [0.2, 0.25) is 0 Å². The Kier molecular flexibility index (Phi) is 5.94. The first-order chi connectivity index (χ1) is 9.36. The maximum Gasteiger partial charge on any atom is 0.255 e. The number of nitrogens with one attached hydrogen (secondary N) is 1. The number of rotatable bonds is 5. The summed E-state index contributed by atoms with van der Waals surface area (Å²) in [6, 6.07) is 2.38. The Morgan fingerprint density at radius 1 is 1.45 bits per heavy atom. The van der Waals surface area contributed by atoms with Gasteiger partial charge in [0.1, 0.15) is 5.82 Å². The van der Waals surface area contributed by atoms with E-state index >= 15 is 0 Å². The Morgan fingerprint density at radius 2 is 2.10 bits per heavy atom. The van der Waals surface area contributed by atoms with Gasteiger partial charge in [-0.05, 0) is 34.5 Å². The van der Waals surface area contributed by atoms with Gasteiger partial charge in [-0.2, -0.15) is 0 Å². The van der Waals surface area contributed by atoms with E-state index in [2.05, 4.69) is 21.2 Å². The molecule has 1 aromatic rings. The lowest BCUT2D eigenvalue weighted by molar-refractivity contribution is -0.121. The quantitative estimate of drug-likeness (QED) is 0.798. The minimum absolute atomic E-state index is 0.0669. The van der Waals surface area contributed by atoms with Gasteiger partial charge >= 0.3 is 0 Å². The van der Waals surface area contributed by atoms with Crippen LogP contribution in [0.4, 0.5) is 10.1 Å². The summed E-state index contributed by atoms with van der Waals surface area (Å²) in [4.78, 5) is 25.0. The lowest BCUT2D eigenvalue weighted by Crippen LogP contribution is -2.38. The van der Waals surface area contributed by atoms with Crippen LogP contribution in [0.1, 0.15) is 23.7 Å². The van der Waals surface area contributed by atoms with E-state index in [9.17, 15) is 14.0 Å². The molecule has 0 atom stereocenters. The van der Waals surface area contributed by atoms with Crippen molar-refractivity contribution in [1.29, 1.82) is 0 Å². The third kappa shape index (κ3) is 4.19. The first-order valence-corrected chi connectivity index (χ1v) is 6.92. The Balaban J connectivity index is 2.79. The summed E-state index contributed by atoms with van der Waals surface area (Å²) in [7, 11) is 1.50. The van der Waals surface area contributed by atoms with Crippen LogP contribution >= 0.6 is 15.9 Å². The number of nitrogens with two attached hydrogens (primary N) is 1. The molecule has 3 N–H and O–H groups in total. The molecule has 2 amide bonds. The molecule has 0 saturated carbocycles. The number of carbonyl (C=O) groups excluding carboxylic acids is 2. The maximum absolute atomic E-state index is 13.2. The molecule has 1 rings (SSSR count). The van der Waals surface area contributed by atoms with Crippen molar-refractivity contribution in [2.45, 2.75) is 13.3 Å². The summed E-state index contributed by atoms with van der Waals surface area (Å²) in [6.07, 6.45) is 0.823. The third-order valence-corrected chi connectivity index (χ3v) is 3.27. The van der Waals surface area contributed by atoms with Crippen molar-refractivity contribution in [1.82, 2.24) is 10.2 Å². The highest BCUT2D eigenvalue weighted by molar-refractivity contribution is 9.10. The Bertz CT molecular complexity index is 523. The largest absolute Gasteiger partial charge is 0.396 e. The van der Waals surface area contributed by atoms with Gasteiger partial charge in [0, 0.05) is 18.1 Å². The number of anilines is 1. The fraction of sp³-hybridized carbons (Fsp3) is 0.385. The number of amides is 2. The lowest BCUT2D eigenvalue weighted by Gasteiger charge is -2.18. The van der Waals surface area contributed by atoms with Gasteiger partial charge in [-0.3, -0.25) is 9.59 Å². The average molecular weight is 346 g/mol. The molecular formula is C13H17BrFN3O2. The Labute approximate surface area is 125 Å². The van der Waals surface area contributed by atoms with E-state index in [0.29, 0.717) is 11.0 Å². The van der Waals surface area contributed by atoms with Crippen LogP contribution in [0.25, 0.3) is 0 Å². The molecule has 0 bridgehead atoms. The van der Waals surface area contributed by atoms with Gasteiger partial charge in [0.2, 0.25) is 5.91 Å². The summed E-state index contributed by atoms with van der Waals surface area (Å²) in [5.74, 6) is -1.25. The van der Waals surface area contributed by atoms with E-state index in [1.165, 1.54) is 18.0 Å². The first kappa shape index (κ1) is 16.4. The standard InChI is InChI=1S/C13H17BrFN3O2/c1-3-4-17-12(19)7-18(2)13(20)8-5-11(16)10(15)6-9(8)14/h5-6H,3-4,7,16H2,1-2H3,(H,17,19). The molecule has 110 valence electrons. The topological polar surface area (TPSA) is 75.4 Å². The fourth-order valence-electron chi connectivity index (χ4n) is 1.54. The second kappa shape index (κ2) is 7.23. The molecule has 0 aromatic heterocycles. The number of nitrogens with zero attached hydrogens (tertiary/aromatic N) is 1. The smallest absolute Gasteiger partial charge is 0.255 e. The molecule has 0 radical (unpaired) electrons. The Hall–Kier alpha value is -1.63. The number of halogens is 2. The van der Waals surface area contributed by atoms with E-state index in [4.69, 9.17) is 5.73 Å². The van der Waals surface area contributed by atoms with Crippen LogP contribution in [-0.4, -0.2) is 36.9 Å². The molecule has 0 spiro atoms. The highest BCUT2D eigenvalue weighted by Gasteiger charge is 2.18. The molecule has 0 aliphatic rings. The molecule has 7 heteroatoms. The second-order valence-corrected chi connectivity index (χ2v) is 5.22. The first-order valence-electron chi connectivity index (χ1n) is 6.13. The second-order valence-electron chi connectivity index (χ2n) is 4.36. The highest BCUT2D eigenvalue weighted by Crippen LogP contribution is 2.23. The zero-order valence-electron chi connectivity index (χ0n) is 11.4. The van der Waals surface area contributed by atoms with Gasteiger partial charge in [-0.1, -0.05) is 6.92 Å². The van der Waals surface area contributed by atoms with E-state index < -0.39 is 11.7 Å². The van der Waals surface area contributed by atoms with Gasteiger partial charge in [-0.15, -0.1) is 0 Å². The molecule has 0 unspecified atom stereocenters. The predicted octanol–water partition coefficient (Wildman–Crippen LogP) is 1.77. The van der Waals surface area contributed by atoms with Crippen LogP contribution in [0.15, 0.2) is 16.6 Å². The van der Waals surface area contributed by atoms with Crippen molar-refractivity contribution in [3.63, 3.8) is 0 Å². The minimum atomic E-state index is -0.600. The molecule has 0 heterocycles. The number of nitrogen functional groups attached to an aromatic ring is 1. The molecule has 5 nitrogen and oxygen atoms in total. The fourth-order valence-corrected chi connectivity index (χ4v) is 2.03. The summed E-state index contributed by atoms with van der Waals surface area (Å²) >= 11 is 3.11. The van der Waals surface area contributed by atoms with E-state index in [0.717, 1.165) is 12.5 Å². The number of carbonyl (C=O) groups is 2. The number of hydrogen-bond donors (Lipinski definition) is 2. The minimum Gasteiger partial charge on any atom is -0.396 e. The molecular weight excluding hydrogens is 329 g/mol. The van der Waals surface area contributed by atoms with Gasteiger partial charge in [-0.25, -0.2) is 4.39 Å². The van der Waals surface area contributed by atoms with Crippen molar-refractivity contribution in [2.24, 2.45) is 0 Å². The van der Waals surface area contributed by atoms with Crippen molar-refractivity contribution in [3.05, 3.63) is 28.0 Å². The zero-order valence-corrected chi connectivity index (χ0v) is 13.0. The number of benzene rings is 1. The summed E-state index contributed by atoms with van der Waals surface area (Å²) in [6.45, 7) is 2.43. The van der Waals surface area contributed by atoms with Gasteiger partial charge in [0.15, 0.2) is 0 Å². The molecule has 0 aliphatic carbocycles. The van der Waals surface area contributed by atoms with Crippen LogP contribution in [0.5, 0.6) is 0 Å².